The third-order valence-corrected chi connectivity index (χ3v) is 3.63. The Balaban J connectivity index is 2.12. The number of rotatable bonds is 3. The van der Waals surface area contributed by atoms with Crippen LogP contribution in [0.4, 0.5) is 5.95 Å². The minimum atomic E-state index is 0.364. The molecule has 1 heterocycles. The van der Waals surface area contributed by atoms with Gasteiger partial charge in [-0.15, -0.1) is 0 Å². The highest BCUT2D eigenvalue weighted by atomic mass is 16.5. The van der Waals surface area contributed by atoms with Crippen LogP contribution in [0.5, 0.6) is 5.88 Å². The van der Waals surface area contributed by atoms with E-state index in [4.69, 9.17) is 10.5 Å². The van der Waals surface area contributed by atoms with Crippen molar-refractivity contribution in [2.75, 3.05) is 19.1 Å². The smallest absolute Gasteiger partial charge is 0.228 e. The van der Waals surface area contributed by atoms with Crippen LogP contribution in [-0.4, -0.2) is 36.2 Å². The average molecular weight is 250 g/mol. The predicted octanol–water partition coefficient (Wildman–Crippen LogP) is 1.50. The van der Waals surface area contributed by atoms with E-state index in [0.717, 1.165) is 37.3 Å². The van der Waals surface area contributed by atoms with E-state index < -0.39 is 0 Å². The molecule has 1 saturated carbocycles. The third-order valence-electron chi connectivity index (χ3n) is 3.63. The van der Waals surface area contributed by atoms with E-state index in [9.17, 15) is 0 Å². The number of nitrogens with two attached hydrogens (primary N) is 1. The molecular weight excluding hydrogens is 228 g/mol. The van der Waals surface area contributed by atoms with E-state index in [1.165, 1.54) is 0 Å². The number of nitrogens with zero attached hydrogens (tertiary/aromatic N) is 3. The second-order valence-electron chi connectivity index (χ2n) is 5.03. The summed E-state index contributed by atoms with van der Waals surface area (Å²) in [4.78, 5) is 11.0. The number of ether oxygens (including phenoxy) is 1. The van der Waals surface area contributed by atoms with Crippen molar-refractivity contribution in [3.63, 3.8) is 0 Å². The number of aromatic nitrogens is 2. The van der Waals surface area contributed by atoms with Crippen molar-refractivity contribution in [2.45, 2.75) is 44.7 Å². The molecule has 2 rings (SSSR count). The fourth-order valence-electron chi connectivity index (χ4n) is 2.44. The zero-order valence-corrected chi connectivity index (χ0v) is 11.4. The van der Waals surface area contributed by atoms with Crippen molar-refractivity contribution in [3.05, 3.63) is 11.8 Å². The maximum absolute atomic E-state index is 5.94. The molecule has 1 aromatic heterocycles. The molecule has 0 aliphatic heterocycles. The quantitative estimate of drug-likeness (QED) is 0.880. The highest BCUT2D eigenvalue weighted by Crippen LogP contribution is 2.24. The van der Waals surface area contributed by atoms with Crippen LogP contribution in [0.2, 0.25) is 0 Å². The molecule has 0 radical (unpaired) electrons. The summed E-state index contributed by atoms with van der Waals surface area (Å²) in [7, 11) is 3.68. The van der Waals surface area contributed by atoms with Crippen LogP contribution in [0.25, 0.3) is 0 Å². The summed E-state index contributed by atoms with van der Waals surface area (Å²) in [5.41, 5.74) is 6.86. The summed E-state index contributed by atoms with van der Waals surface area (Å²) >= 11 is 0. The molecule has 0 unspecified atom stereocenters. The normalized spacial score (nSPS) is 23.8. The highest BCUT2D eigenvalue weighted by Gasteiger charge is 2.23. The van der Waals surface area contributed by atoms with Crippen LogP contribution in [0.3, 0.4) is 0 Å². The van der Waals surface area contributed by atoms with Crippen molar-refractivity contribution in [1.82, 2.24) is 9.97 Å². The van der Waals surface area contributed by atoms with Gasteiger partial charge in [-0.3, -0.25) is 0 Å². The molecule has 0 spiro atoms. The summed E-state index contributed by atoms with van der Waals surface area (Å²) in [6.45, 7) is 1.96. The Labute approximate surface area is 108 Å². The molecule has 0 aromatic carbocycles. The van der Waals surface area contributed by atoms with Gasteiger partial charge in [0.25, 0.3) is 0 Å². The SMILES string of the molecule is COc1cc(C)nc(N(C)C2CCC(N)CC2)n1. The van der Waals surface area contributed by atoms with Gasteiger partial charge in [0.15, 0.2) is 0 Å². The Hall–Kier alpha value is -1.36. The maximum Gasteiger partial charge on any atom is 0.228 e. The first-order chi connectivity index (χ1) is 8.60. The molecule has 1 aliphatic carbocycles. The predicted molar refractivity (Wildman–Crippen MR) is 72.0 cm³/mol. The van der Waals surface area contributed by atoms with Crippen molar-refractivity contribution >= 4 is 5.95 Å². The summed E-state index contributed by atoms with van der Waals surface area (Å²) in [5, 5.41) is 0. The Morgan fingerprint density at radius 2 is 1.94 bits per heavy atom. The Morgan fingerprint density at radius 3 is 2.56 bits per heavy atom. The summed E-state index contributed by atoms with van der Waals surface area (Å²) in [6, 6.07) is 2.69. The minimum Gasteiger partial charge on any atom is -0.481 e. The van der Waals surface area contributed by atoms with Gasteiger partial charge >= 0.3 is 0 Å². The van der Waals surface area contributed by atoms with Gasteiger partial charge in [0, 0.05) is 30.9 Å². The van der Waals surface area contributed by atoms with Gasteiger partial charge in [0.05, 0.1) is 7.11 Å². The molecule has 0 atom stereocenters. The van der Waals surface area contributed by atoms with E-state index in [1.807, 2.05) is 13.0 Å². The largest absolute Gasteiger partial charge is 0.481 e. The van der Waals surface area contributed by atoms with Gasteiger partial charge in [0.2, 0.25) is 11.8 Å². The number of hydrogen-bond acceptors (Lipinski definition) is 5. The first kappa shape index (κ1) is 13.1. The van der Waals surface area contributed by atoms with Crippen molar-refractivity contribution < 1.29 is 4.74 Å². The number of hydrogen-bond donors (Lipinski definition) is 1. The van der Waals surface area contributed by atoms with Crippen LogP contribution < -0.4 is 15.4 Å². The summed E-state index contributed by atoms with van der Waals surface area (Å²) in [5.74, 6) is 1.36. The molecule has 0 saturated heterocycles. The number of methoxy groups -OCH3 is 1. The summed E-state index contributed by atoms with van der Waals surface area (Å²) < 4.78 is 5.19. The fourth-order valence-corrected chi connectivity index (χ4v) is 2.44. The minimum absolute atomic E-state index is 0.364. The van der Waals surface area contributed by atoms with E-state index in [1.54, 1.807) is 7.11 Å². The molecule has 0 amide bonds. The van der Waals surface area contributed by atoms with Crippen molar-refractivity contribution in [1.29, 1.82) is 0 Å². The fraction of sp³-hybridized carbons (Fsp3) is 0.692. The van der Waals surface area contributed by atoms with Crippen molar-refractivity contribution in [2.24, 2.45) is 5.73 Å². The van der Waals surface area contributed by atoms with E-state index in [0.29, 0.717) is 18.0 Å². The molecule has 5 heteroatoms. The lowest BCUT2D eigenvalue weighted by Gasteiger charge is -2.33. The topological polar surface area (TPSA) is 64.3 Å². The molecule has 1 aromatic rings. The molecule has 5 nitrogen and oxygen atoms in total. The lowest BCUT2D eigenvalue weighted by atomic mass is 9.91. The Morgan fingerprint density at radius 1 is 1.28 bits per heavy atom. The van der Waals surface area contributed by atoms with Crippen LogP contribution in [0.15, 0.2) is 6.07 Å². The molecule has 100 valence electrons. The van der Waals surface area contributed by atoms with E-state index in [-0.39, 0.29) is 0 Å². The zero-order chi connectivity index (χ0) is 13.1. The summed E-state index contributed by atoms with van der Waals surface area (Å²) in [6.07, 6.45) is 4.38. The van der Waals surface area contributed by atoms with Gasteiger partial charge < -0.3 is 15.4 Å². The lowest BCUT2D eigenvalue weighted by molar-refractivity contribution is 0.376. The molecule has 2 N–H and O–H groups in total. The third kappa shape index (κ3) is 2.90. The van der Waals surface area contributed by atoms with Gasteiger partial charge in [0.1, 0.15) is 0 Å². The van der Waals surface area contributed by atoms with Gasteiger partial charge in [-0.25, -0.2) is 4.98 Å². The lowest BCUT2D eigenvalue weighted by Crippen LogP contribution is -2.39. The second-order valence-corrected chi connectivity index (χ2v) is 5.03. The van der Waals surface area contributed by atoms with E-state index in [2.05, 4.69) is 21.9 Å². The first-order valence-electron chi connectivity index (χ1n) is 6.48. The molecule has 18 heavy (non-hydrogen) atoms. The zero-order valence-electron chi connectivity index (χ0n) is 11.4. The van der Waals surface area contributed by atoms with Crippen LogP contribution in [0, 0.1) is 6.92 Å². The number of anilines is 1. The maximum atomic E-state index is 5.94. The standard InChI is InChI=1S/C13H22N4O/c1-9-8-12(18-3)16-13(15-9)17(2)11-6-4-10(14)5-7-11/h8,10-11H,4-7,14H2,1-3H3. The average Bonchev–Trinajstić information content (AvgIpc) is 2.38. The molecule has 0 bridgehead atoms. The van der Waals surface area contributed by atoms with Crippen molar-refractivity contribution in [3.8, 4) is 5.88 Å². The van der Waals surface area contributed by atoms with Gasteiger partial charge in [-0.1, -0.05) is 0 Å². The molecular formula is C13H22N4O. The number of aryl methyl sites for hydroxylation is 1. The molecule has 1 aliphatic rings. The van der Waals surface area contributed by atoms with E-state index >= 15 is 0 Å². The van der Waals surface area contributed by atoms with Gasteiger partial charge in [-0.2, -0.15) is 4.98 Å². The monoisotopic (exact) mass is 250 g/mol. The Kier molecular flexibility index (Phi) is 4.01. The molecule has 1 fully saturated rings. The first-order valence-corrected chi connectivity index (χ1v) is 6.48. The van der Waals surface area contributed by atoms with Crippen LogP contribution >= 0.6 is 0 Å². The van der Waals surface area contributed by atoms with Crippen LogP contribution in [0.1, 0.15) is 31.4 Å². The van der Waals surface area contributed by atoms with Crippen LogP contribution in [-0.2, 0) is 0 Å². The van der Waals surface area contributed by atoms with Gasteiger partial charge in [-0.05, 0) is 32.6 Å². The second kappa shape index (κ2) is 5.52. The highest BCUT2D eigenvalue weighted by molar-refractivity contribution is 5.34. The Bertz CT molecular complexity index is 402.